The van der Waals surface area contributed by atoms with E-state index in [0.29, 0.717) is 23.6 Å². The molecule has 0 aliphatic rings. The number of aromatic amines is 1. The summed E-state index contributed by atoms with van der Waals surface area (Å²) < 4.78 is 26.9. The van der Waals surface area contributed by atoms with Crippen LogP contribution in [0, 0.1) is 23.0 Å². The highest BCUT2D eigenvalue weighted by atomic mass is 19.2. The molecule has 0 saturated carbocycles. The highest BCUT2D eigenvalue weighted by molar-refractivity contribution is 5.96. The van der Waals surface area contributed by atoms with Crippen molar-refractivity contribution in [3.05, 3.63) is 95.1 Å². The third kappa shape index (κ3) is 6.42. The lowest BCUT2D eigenvalue weighted by molar-refractivity contribution is 0.0779. The number of hydrogen-bond acceptors (Lipinski definition) is 8. The van der Waals surface area contributed by atoms with Gasteiger partial charge < -0.3 is 16.0 Å². The van der Waals surface area contributed by atoms with Crippen molar-refractivity contribution in [2.45, 2.75) is 26.9 Å². The van der Waals surface area contributed by atoms with Crippen molar-refractivity contribution in [1.29, 1.82) is 5.26 Å². The van der Waals surface area contributed by atoms with Gasteiger partial charge in [-0.15, -0.1) is 0 Å². The third-order valence-corrected chi connectivity index (χ3v) is 6.03. The van der Waals surface area contributed by atoms with Crippen LogP contribution in [0.3, 0.4) is 0 Å². The predicted octanol–water partition coefficient (Wildman–Crippen LogP) is 5.06. The van der Waals surface area contributed by atoms with E-state index < -0.39 is 17.5 Å². The predicted molar refractivity (Wildman–Crippen MR) is 151 cm³/mol. The number of carbonyl (C=O) groups is 1. The second-order valence-corrected chi connectivity index (χ2v) is 8.76. The Morgan fingerprint density at radius 3 is 2.46 bits per heavy atom. The molecule has 0 aliphatic heterocycles. The number of carbonyl (C=O) groups excluding carboxylic acids is 1. The first-order valence-electron chi connectivity index (χ1n) is 12.7. The number of fused-ring (bicyclic) bond motifs is 1. The van der Waals surface area contributed by atoms with Gasteiger partial charge in [0.1, 0.15) is 11.9 Å². The molecular formula is C29H27F2N9O. The fraction of sp³-hybridized carbons (Fsp3) is 0.172. The molecule has 0 atom stereocenters. The van der Waals surface area contributed by atoms with Gasteiger partial charge in [-0.25, -0.2) is 23.7 Å². The van der Waals surface area contributed by atoms with Crippen LogP contribution < -0.4 is 11.1 Å². The number of nitrogens with one attached hydrogen (secondary N) is 2. The summed E-state index contributed by atoms with van der Waals surface area (Å²) in [7, 11) is 1.50. The van der Waals surface area contributed by atoms with Crippen LogP contribution in [0.5, 0.6) is 0 Å². The van der Waals surface area contributed by atoms with E-state index in [0.717, 1.165) is 34.2 Å². The van der Waals surface area contributed by atoms with Gasteiger partial charge >= 0.3 is 0 Å². The highest BCUT2D eigenvalue weighted by Gasteiger charge is 2.21. The summed E-state index contributed by atoms with van der Waals surface area (Å²) in [6.45, 7) is 4.32. The summed E-state index contributed by atoms with van der Waals surface area (Å²) in [5.41, 5.74) is 9.47. The first-order chi connectivity index (χ1) is 19.8. The van der Waals surface area contributed by atoms with E-state index in [9.17, 15) is 18.8 Å². The van der Waals surface area contributed by atoms with Gasteiger partial charge in [0.2, 0.25) is 0 Å². The van der Waals surface area contributed by atoms with Crippen LogP contribution in [-0.2, 0) is 13.1 Å². The average Bonchev–Trinajstić information content (AvgIpc) is 3.38. The smallest absolute Gasteiger partial charge is 0.276 e. The Kier molecular flexibility index (Phi) is 8.79. The van der Waals surface area contributed by atoms with E-state index in [4.69, 9.17) is 5.73 Å². The molecule has 5 rings (SSSR count). The molecule has 41 heavy (non-hydrogen) atoms. The largest absolute Gasteiger partial charge is 0.384 e. The minimum atomic E-state index is -1.00. The summed E-state index contributed by atoms with van der Waals surface area (Å²) in [5, 5.41) is 19.9. The molecule has 208 valence electrons. The molecule has 0 bridgehead atoms. The number of benzene rings is 2. The number of nitrogens with zero attached hydrogens (tertiary/aromatic N) is 6. The number of hydrogen-bond donors (Lipinski definition) is 3. The van der Waals surface area contributed by atoms with Crippen LogP contribution >= 0.6 is 0 Å². The zero-order valence-electron chi connectivity index (χ0n) is 22.6. The van der Waals surface area contributed by atoms with E-state index in [1.54, 1.807) is 6.20 Å². The molecule has 10 nitrogen and oxygen atoms in total. The SMILES string of the molecule is CC.CN(Cc1ccc(F)c(F)c1)C(=O)c1nc(C#N)cnc1NCc1ccc(-c2cnc3n[nH]c(N)c3c2)cc1. The second-order valence-electron chi connectivity index (χ2n) is 8.76. The molecule has 0 aliphatic carbocycles. The third-order valence-electron chi connectivity index (χ3n) is 6.03. The van der Waals surface area contributed by atoms with Crippen LogP contribution in [0.15, 0.2) is 60.9 Å². The molecule has 2 aromatic carbocycles. The molecule has 3 aromatic heterocycles. The van der Waals surface area contributed by atoms with E-state index in [1.165, 1.54) is 24.2 Å². The van der Waals surface area contributed by atoms with E-state index in [-0.39, 0.29) is 23.8 Å². The number of anilines is 2. The van der Waals surface area contributed by atoms with Crippen molar-refractivity contribution in [3.63, 3.8) is 0 Å². The van der Waals surface area contributed by atoms with Crippen molar-refractivity contribution >= 4 is 28.6 Å². The number of nitrogen functional groups attached to an aromatic ring is 1. The summed E-state index contributed by atoms with van der Waals surface area (Å²) in [5.74, 6) is -1.88. The number of pyridine rings is 1. The number of nitriles is 1. The first-order valence-corrected chi connectivity index (χ1v) is 12.7. The van der Waals surface area contributed by atoms with E-state index in [1.807, 2.05) is 50.2 Å². The van der Waals surface area contributed by atoms with Crippen molar-refractivity contribution in [1.82, 2.24) is 30.0 Å². The number of aromatic nitrogens is 5. The maximum absolute atomic E-state index is 13.6. The Hall–Kier alpha value is -5.44. The number of rotatable bonds is 7. The molecule has 5 aromatic rings. The molecular weight excluding hydrogens is 528 g/mol. The normalized spacial score (nSPS) is 10.4. The van der Waals surface area contributed by atoms with Gasteiger partial charge in [-0.2, -0.15) is 10.4 Å². The lowest BCUT2D eigenvalue weighted by Crippen LogP contribution is -2.28. The molecule has 0 fully saturated rings. The quantitative estimate of drug-likeness (QED) is 0.252. The van der Waals surface area contributed by atoms with Crippen molar-refractivity contribution < 1.29 is 13.6 Å². The summed E-state index contributed by atoms with van der Waals surface area (Å²) in [6.07, 6.45) is 2.99. The summed E-state index contributed by atoms with van der Waals surface area (Å²) >= 11 is 0. The lowest BCUT2D eigenvalue weighted by atomic mass is 10.0. The first kappa shape index (κ1) is 28.6. The fourth-order valence-corrected chi connectivity index (χ4v) is 3.96. The van der Waals surface area contributed by atoms with Gasteiger partial charge in [0.05, 0.1) is 11.6 Å². The van der Waals surface area contributed by atoms with Crippen LogP contribution in [0.25, 0.3) is 22.2 Å². The Labute approximate surface area is 234 Å². The second kappa shape index (κ2) is 12.6. The fourth-order valence-electron chi connectivity index (χ4n) is 3.96. The Morgan fingerprint density at radius 2 is 1.76 bits per heavy atom. The number of nitrogens with two attached hydrogens (primary N) is 1. The molecule has 0 spiro atoms. The van der Waals surface area contributed by atoms with Crippen LogP contribution in [0.1, 0.15) is 41.2 Å². The molecule has 0 radical (unpaired) electrons. The van der Waals surface area contributed by atoms with Crippen molar-refractivity contribution in [2.24, 2.45) is 0 Å². The molecule has 4 N–H and O–H groups in total. The van der Waals surface area contributed by atoms with Crippen LogP contribution in [0.4, 0.5) is 20.4 Å². The van der Waals surface area contributed by atoms with Gasteiger partial charge in [0.25, 0.3) is 5.91 Å². The lowest BCUT2D eigenvalue weighted by Gasteiger charge is -2.19. The molecule has 1 amide bonds. The van der Waals surface area contributed by atoms with E-state index >= 15 is 0 Å². The van der Waals surface area contributed by atoms with Gasteiger partial charge in [-0.1, -0.05) is 44.2 Å². The van der Waals surface area contributed by atoms with Gasteiger partial charge in [0, 0.05) is 31.9 Å². The van der Waals surface area contributed by atoms with Crippen molar-refractivity contribution in [3.8, 4) is 17.2 Å². The maximum atomic E-state index is 13.6. The molecule has 0 unspecified atom stereocenters. The Bertz CT molecular complexity index is 1730. The van der Waals surface area contributed by atoms with Crippen LogP contribution in [0.2, 0.25) is 0 Å². The van der Waals surface area contributed by atoms with Gasteiger partial charge in [-0.3, -0.25) is 9.89 Å². The monoisotopic (exact) mass is 555 g/mol. The minimum Gasteiger partial charge on any atom is -0.384 e. The summed E-state index contributed by atoms with van der Waals surface area (Å²) in [4.78, 5) is 27.2. The zero-order chi connectivity index (χ0) is 29.5. The average molecular weight is 556 g/mol. The molecule has 3 heterocycles. The van der Waals surface area contributed by atoms with Crippen LogP contribution in [-0.4, -0.2) is 43.0 Å². The Morgan fingerprint density at radius 1 is 1.02 bits per heavy atom. The topological polar surface area (TPSA) is 150 Å². The van der Waals surface area contributed by atoms with Crippen molar-refractivity contribution in [2.75, 3.05) is 18.1 Å². The highest BCUT2D eigenvalue weighted by Crippen LogP contribution is 2.25. The minimum absolute atomic E-state index is 0.000509. The zero-order valence-corrected chi connectivity index (χ0v) is 22.6. The maximum Gasteiger partial charge on any atom is 0.276 e. The van der Waals surface area contributed by atoms with E-state index in [2.05, 4.69) is 30.5 Å². The Balaban J connectivity index is 0.00000189. The standard InChI is InChI=1S/C27H21F2N9O.C2H6/c1-38(14-16-4-7-21(28)22(29)8-16)27(39)23-26(34-13-19(10-30)35-23)32-11-15-2-5-17(6-3-15)18-9-20-24(31)36-37-25(20)33-12-18;1-2/h2-9,12-13H,11,14H2,1H3,(H,32,34)(H3,31,33,36,37);1-2H3. The number of halogens is 2. The summed E-state index contributed by atoms with van der Waals surface area (Å²) in [6, 6.07) is 14.9. The molecule has 0 saturated heterocycles. The number of amides is 1. The number of H-pyrrole nitrogens is 1. The van der Waals surface area contributed by atoms with Gasteiger partial charge in [0.15, 0.2) is 34.5 Å². The molecule has 12 heteroatoms. The van der Waals surface area contributed by atoms with Gasteiger partial charge in [-0.05, 0) is 34.9 Å².